The second-order valence-corrected chi connectivity index (χ2v) is 5.18. The Labute approximate surface area is 131 Å². The number of hydrogen-bond acceptors (Lipinski definition) is 7. The van der Waals surface area contributed by atoms with E-state index in [0.717, 1.165) is 10.0 Å². The molecule has 1 atom stereocenters. The predicted molar refractivity (Wildman–Crippen MR) is 85.0 cm³/mol. The van der Waals surface area contributed by atoms with Crippen molar-refractivity contribution in [3.63, 3.8) is 0 Å². The standard InChI is InChI=1S/C13H17BrN6O/c1-3-21-13-18-11(17-12(19-13)20-15)16-8(2)9-4-6-10(14)7-5-9/h4-8H,3,15H2,1-2H3,(H2,16,17,18,19,20). The van der Waals surface area contributed by atoms with Crippen molar-refractivity contribution in [3.05, 3.63) is 34.3 Å². The van der Waals surface area contributed by atoms with Gasteiger partial charge in [-0.1, -0.05) is 28.1 Å². The average Bonchev–Trinajstić information content (AvgIpc) is 2.48. The van der Waals surface area contributed by atoms with E-state index < -0.39 is 0 Å². The van der Waals surface area contributed by atoms with Crippen molar-refractivity contribution in [3.8, 4) is 6.01 Å². The van der Waals surface area contributed by atoms with Crippen LogP contribution in [0, 0.1) is 0 Å². The number of rotatable bonds is 6. The van der Waals surface area contributed by atoms with Crippen molar-refractivity contribution >= 4 is 27.8 Å². The van der Waals surface area contributed by atoms with Gasteiger partial charge >= 0.3 is 6.01 Å². The Balaban J connectivity index is 2.17. The number of nitrogens with two attached hydrogens (primary N) is 1. The van der Waals surface area contributed by atoms with Gasteiger partial charge in [-0.15, -0.1) is 0 Å². The number of hydrazine groups is 1. The zero-order chi connectivity index (χ0) is 15.2. The lowest BCUT2D eigenvalue weighted by atomic mass is 10.1. The van der Waals surface area contributed by atoms with Gasteiger partial charge in [-0.3, -0.25) is 5.43 Å². The molecular formula is C13H17BrN6O. The fourth-order valence-electron chi connectivity index (χ4n) is 1.71. The largest absolute Gasteiger partial charge is 0.464 e. The summed E-state index contributed by atoms with van der Waals surface area (Å²) in [6.07, 6.45) is 0. The van der Waals surface area contributed by atoms with Crippen molar-refractivity contribution in [1.82, 2.24) is 15.0 Å². The van der Waals surface area contributed by atoms with Crippen LogP contribution >= 0.6 is 15.9 Å². The number of hydrogen-bond donors (Lipinski definition) is 3. The summed E-state index contributed by atoms with van der Waals surface area (Å²) >= 11 is 3.42. The summed E-state index contributed by atoms with van der Waals surface area (Å²) in [7, 11) is 0. The fourth-order valence-corrected chi connectivity index (χ4v) is 1.97. The van der Waals surface area contributed by atoms with E-state index in [9.17, 15) is 0 Å². The molecule has 0 amide bonds. The van der Waals surface area contributed by atoms with E-state index in [1.807, 2.05) is 38.1 Å². The maximum absolute atomic E-state index is 5.35. The van der Waals surface area contributed by atoms with Crippen molar-refractivity contribution in [2.45, 2.75) is 19.9 Å². The first-order valence-corrected chi connectivity index (χ1v) is 7.29. The zero-order valence-corrected chi connectivity index (χ0v) is 13.4. The van der Waals surface area contributed by atoms with Crippen LogP contribution in [-0.2, 0) is 0 Å². The molecule has 0 aliphatic rings. The molecule has 1 aromatic heterocycles. The van der Waals surface area contributed by atoms with Crippen LogP contribution in [0.4, 0.5) is 11.9 Å². The molecule has 0 aliphatic heterocycles. The summed E-state index contributed by atoms with van der Waals surface area (Å²) in [4.78, 5) is 12.4. The number of nitrogens with zero attached hydrogens (tertiary/aromatic N) is 3. The molecule has 0 spiro atoms. The van der Waals surface area contributed by atoms with E-state index >= 15 is 0 Å². The number of aromatic nitrogens is 3. The highest BCUT2D eigenvalue weighted by atomic mass is 79.9. The zero-order valence-electron chi connectivity index (χ0n) is 11.8. The van der Waals surface area contributed by atoms with Crippen LogP contribution in [0.15, 0.2) is 28.7 Å². The quantitative estimate of drug-likeness (QED) is 0.542. The molecule has 0 bridgehead atoms. The Morgan fingerprint density at radius 2 is 1.86 bits per heavy atom. The smallest absolute Gasteiger partial charge is 0.323 e. The first-order valence-electron chi connectivity index (χ1n) is 6.50. The molecule has 8 heteroatoms. The molecule has 4 N–H and O–H groups in total. The third kappa shape index (κ3) is 4.27. The van der Waals surface area contributed by atoms with Crippen LogP contribution in [0.2, 0.25) is 0 Å². The van der Waals surface area contributed by atoms with Gasteiger partial charge in [0, 0.05) is 4.47 Å². The van der Waals surface area contributed by atoms with E-state index in [0.29, 0.717) is 12.6 Å². The van der Waals surface area contributed by atoms with Gasteiger partial charge in [-0.2, -0.15) is 15.0 Å². The Bertz CT molecular complexity index is 592. The molecule has 112 valence electrons. The highest BCUT2D eigenvalue weighted by Crippen LogP contribution is 2.20. The molecule has 1 heterocycles. The van der Waals surface area contributed by atoms with Gasteiger partial charge in [0.25, 0.3) is 0 Å². The molecular weight excluding hydrogens is 336 g/mol. The van der Waals surface area contributed by atoms with Crippen LogP contribution in [0.5, 0.6) is 6.01 Å². The Kier molecular flexibility index (Phi) is 5.29. The van der Waals surface area contributed by atoms with Gasteiger partial charge in [0.15, 0.2) is 0 Å². The molecule has 2 rings (SSSR count). The molecule has 1 aromatic carbocycles. The molecule has 0 aliphatic carbocycles. The van der Waals surface area contributed by atoms with E-state index in [2.05, 4.69) is 41.6 Å². The Morgan fingerprint density at radius 3 is 2.48 bits per heavy atom. The normalized spacial score (nSPS) is 11.8. The molecule has 1 unspecified atom stereocenters. The third-order valence-electron chi connectivity index (χ3n) is 2.73. The molecule has 0 radical (unpaired) electrons. The van der Waals surface area contributed by atoms with Crippen molar-refractivity contribution in [2.24, 2.45) is 5.84 Å². The first kappa shape index (κ1) is 15.5. The van der Waals surface area contributed by atoms with Crippen LogP contribution in [-0.4, -0.2) is 21.6 Å². The minimum atomic E-state index is 0.0283. The summed E-state index contributed by atoms with van der Waals surface area (Å²) in [5, 5.41) is 3.20. The summed E-state index contributed by atoms with van der Waals surface area (Å²) in [5.41, 5.74) is 3.51. The van der Waals surface area contributed by atoms with Gasteiger partial charge in [0.1, 0.15) is 0 Å². The number of nitrogen functional groups attached to an aromatic ring is 1. The Hall–Kier alpha value is -1.93. The van der Waals surface area contributed by atoms with E-state index in [1.165, 1.54) is 0 Å². The molecule has 0 saturated carbocycles. The van der Waals surface area contributed by atoms with Crippen molar-refractivity contribution < 1.29 is 4.74 Å². The predicted octanol–water partition coefficient (Wildman–Crippen LogP) is 2.49. The summed E-state index contributed by atoms with van der Waals surface area (Å²) < 4.78 is 6.32. The second-order valence-electron chi connectivity index (χ2n) is 4.26. The van der Waals surface area contributed by atoms with Gasteiger partial charge < -0.3 is 10.1 Å². The lowest BCUT2D eigenvalue weighted by Crippen LogP contribution is -2.16. The minimum absolute atomic E-state index is 0.0283. The minimum Gasteiger partial charge on any atom is -0.464 e. The number of nitrogens with one attached hydrogen (secondary N) is 2. The number of halogens is 1. The van der Waals surface area contributed by atoms with Crippen LogP contribution in [0.1, 0.15) is 25.5 Å². The summed E-state index contributed by atoms with van der Waals surface area (Å²) in [5.74, 6) is 6.00. The lowest BCUT2D eigenvalue weighted by molar-refractivity contribution is 0.312. The average molecular weight is 353 g/mol. The SMILES string of the molecule is CCOc1nc(NN)nc(NC(C)c2ccc(Br)cc2)n1. The van der Waals surface area contributed by atoms with Crippen LogP contribution in [0.3, 0.4) is 0 Å². The van der Waals surface area contributed by atoms with Gasteiger partial charge in [0.2, 0.25) is 11.9 Å². The van der Waals surface area contributed by atoms with Crippen molar-refractivity contribution in [1.29, 1.82) is 0 Å². The number of anilines is 2. The summed E-state index contributed by atoms with van der Waals surface area (Å²) in [6, 6.07) is 8.27. The van der Waals surface area contributed by atoms with E-state index in [1.54, 1.807) is 0 Å². The van der Waals surface area contributed by atoms with E-state index in [-0.39, 0.29) is 18.0 Å². The van der Waals surface area contributed by atoms with Crippen LogP contribution < -0.4 is 21.3 Å². The highest BCUT2D eigenvalue weighted by Gasteiger charge is 2.10. The molecule has 21 heavy (non-hydrogen) atoms. The van der Waals surface area contributed by atoms with Gasteiger partial charge in [-0.05, 0) is 31.5 Å². The monoisotopic (exact) mass is 352 g/mol. The Morgan fingerprint density at radius 1 is 1.19 bits per heavy atom. The van der Waals surface area contributed by atoms with E-state index in [4.69, 9.17) is 10.6 Å². The lowest BCUT2D eigenvalue weighted by Gasteiger charge is -2.15. The topological polar surface area (TPSA) is 98.0 Å². The number of ether oxygens (including phenoxy) is 1. The molecule has 7 nitrogen and oxygen atoms in total. The fraction of sp³-hybridized carbons (Fsp3) is 0.308. The van der Waals surface area contributed by atoms with Gasteiger partial charge in [-0.25, -0.2) is 5.84 Å². The first-order chi connectivity index (χ1) is 10.1. The highest BCUT2D eigenvalue weighted by molar-refractivity contribution is 9.10. The maximum atomic E-state index is 5.35. The second kappa shape index (κ2) is 7.19. The number of benzene rings is 1. The molecule has 0 fully saturated rings. The molecule has 2 aromatic rings. The van der Waals surface area contributed by atoms with Crippen LogP contribution in [0.25, 0.3) is 0 Å². The molecule has 0 saturated heterocycles. The summed E-state index contributed by atoms with van der Waals surface area (Å²) in [6.45, 7) is 4.34. The third-order valence-corrected chi connectivity index (χ3v) is 3.26. The maximum Gasteiger partial charge on any atom is 0.323 e. The van der Waals surface area contributed by atoms with Crippen molar-refractivity contribution in [2.75, 3.05) is 17.3 Å². The van der Waals surface area contributed by atoms with Gasteiger partial charge in [0.05, 0.1) is 12.6 Å².